The molecule has 0 bridgehead atoms. The number of para-hydroxylation sites is 1. The zero-order valence-corrected chi connectivity index (χ0v) is 16.1. The predicted octanol–water partition coefficient (Wildman–Crippen LogP) is 5.05. The Hall–Kier alpha value is -3.25. The van der Waals surface area contributed by atoms with Crippen LogP contribution in [0.1, 0.15) is 5.56 Å². The van der Waals surface area contributed by atoms with E-state index >= 15 is 0 Å². The maximum atomic E-state index is 14.4. The summed E-state index contributed by atoms with van der Waals surface area (Å²) in [5, 5.41) is 5.11. The Balaban J connectivity index is 1.97. The van der Waals surface area contributed by atoms with Crippen molar-refractivity contribution in [2.45, 2.75) is 6.54 Å². The van der Waals surface area contributed by atoms with Crippen LogP contribution in [0.25, 0.3) is 22.2 Å². The summed E-state index contributed by atoms with van der Waals surface area (Å²) in [5.41, 5.74) is 0.777. The average molecular weight is 413 g/mol. The fourth-order valence-corrected chi connectivity index (χ4v) is 3.37. The van der Waals surface area contributed by atoms with E-state index in [1.54, 1.807) is 36.4 Å². The van der Waals surface area contributed by atoms with Crippen molar-refractivity contribution in [1.29, 1.82) is 0 Å². The molecule has 1 aromatic heterocycles. The maximum Gasteiger partial charge on any atom is 0.216 e. The molecule has 0 amide bonds. The second kappa shape index (κ2) is 7.64. The lowest BCUT2D eigenvalue weighted by atomic mass is 10.1. The summed E-state index contributed by atoms with van der Waals surface area (Å²) in [6.07, 6.45) is 0. The molecule has 29 heavy (non-hydrogen) atoms. The highest BCUT2D eigenvalue weighted by atomic mass is 35.5. The number of ether oxygens (including phenoxy) is 1. The van der Waals surface area contributed by atoms with Gasteiger partial charge in [0.15, 0.2) is 0 Å². The van der Waals surface area contributed by atoms with Crippen molar-refractivity contribution in [1.82, 2.24) is 9.78 Å². The van der Waals surface area contributed by atoms with Crippen LogP contribution in [-0.4, -0.2) is 16.9 Å². The van der Waals surface area contributed by atoms with Gasteiger partial charge in [-0.05, 0) is 42.5 Å². The van der Waals surface area contributed by atoms with Crippen molar-refractivity contribution >= 4 is 22.5 Å². The molecule has 0 aliphatic carbocycles. The van der Waals surface area contributed by atoms with Crippen molar-refractivity contribution in [3.8, 4) is 17.0 Å². The number of hydrogen-bond acceptors (Lipinski definition) is 3. The summed E-state index contributed by atoms with van der Waals surface area (Å²) in [6, 6.07) is 15.1. The van der Waals surface area contributed by atoms with Crippen molar-refractivity contribution in [3.63, 3.8) is 0 Å². The summed E-state index contributed by atoms with van der Waals surface area (Å²) in [7, 11) is 1.43. The third-order valence-corrected chi connectivity index (χ3v) is 4.85. The summed E-state index contributed by atoms with van der Waals surface area (Å²) >= 11 is 5.84. The first-order valence-corrected chi connectivity index (χ1v) is 9.13. The molecule has 146 valence electrons. The molecule has 3 aromatic carbocycles. The van der Waals surface area contributed by atoms with Crippen molar-refractivity contribution in [2.75, 3.05) is 7.11 Å². The lowest BCUT2D eigenvalue weighted by Crippen LogP contribution is -2.18. The maximum absolute atomic E-state index is 14.4. The third-order valence-electron chi connectivity index (χ3n) is 4.61. The Bertz CT molecular complexity index is 1290. The second-order valence-electron chi connectivity index (χ2n) is 6.43. The lowest BCUT2D eigenvalue weighted by molar-refractivity contribution is 0.415. The first kappa shape index (κ1) is 19.1. The third kappa shape index (κ3) is 3.59. The van der Waals surface area contributed by atoms with E-state index in [0.717, 1.165) is 0 Å². The van der Waals surface area contributed by atoms with E-state index in [-0.39, 0.29) is 28.3 Å². The smallest absolute Gasteiger partial charge is 0.216 e. The van der Waals surface area contributed by atoms with Gasteiger partial charge in [-0.15, -0.1) is 0 Å². The van der Waals surface area contributed by atoms with E-state index in [2.05, 4.69) is 5.10 Å². The summed E-state index contributed by atoms with van der Waals surface area (Å²) in [4.78, 5) is 13.1. The molecule has 0 spiro atoms. The van der Waals surface area contributed by atoms with E-state index in [0.29, 0.717) is 22.2 Å². The number of hydrogen-bond donors (Lipinski definition) is 0. The zero-order chi connectivity index (χ0) is 20.5. The molecule has 0 aliphatic rings. The molecular formula is C22H15ClF2N2O2. The SMILES string of the molecule is COc1ccc(F)cc1-c1nn(Cc2ccc(Cl)cc2F)c2ccccc2c1=O. The van der Waals surface area contributed by atoms with Gasteiger partial charge in [0.1, 0.15) is 23.1 Å². The van der Waals surface area contributed by atoms with Crippen LogP contribution in [0.5, 0.6) is 5.75 Å². The first-order valence-electron chi connectivity index (χ1n) is 8.75. The molecule has 0 atom stereocenters. The standard InChI is InChI=1S/C22H15ClF2N2O2/c1-29-20-9-8-15(24)11-17(20)21-22(28)16-4-2-3-5-19(16)27(26-21)12-13-6-7-14(23)10-18(13)25/h2-11H,12H2,1H3. The van der Waals surface area contributed by atoms with Gasteiger partial charge in [0.25, 0.3) is 0 Å². The number of fused-ring (bicyclic) bond motifs is 1. The zero-order valence-electron chi connectivity index (χ0n) is 15.3. The quantitative estimate of drug-likeness (QED) is 0.471. The van der Waals surface area contributed by atoms with Gasteiger partial charge in [0.2, 0.25) is 5.43 Å². The van der Waals surface area contributed by atoms with Gasteiger partial charge >= 0.3 is 0 Å². The van der Waals surface area contributed by atoms with E-state index in [9.17, 15) is 13.6 Å². The highest BCUT2D eigenvalue weighted by Crippen LogP contribution is 2.28. The fraction of sp³-hybridized carbons (Fsp3) is 0.0909. The molecule has 0 saturated carbocycles. The number of aromatic nitrogens is 2. The van der Waals surface area contributed by atoms with Crippen LogP contribution in [0.15, 0.2) is 65.5 Å². The van der Waals surface area contributed by atoms with Crippen LogP contribution in [0.2, 0.25) is 5.02 Å². The van der Waals surface area contributed by atoms with Crippen molar-refractivity contribution in [3.05, 3.63) is 93.1 Å². The van der Waals surface area contributed by atoms with Crippen molar-refractivity contribution < 1.29 is 13.5 Å². The van der Waals surface area contributed by atoms with Gasteiger partial charge in [-0.1, -0.05) is 29.8 Å². The largest absolute Gasteiger partial charge is 0.496 e. The first-order chi connectivity index (χ1) is 14.0. The molecule has 0 aliphatic heterocycles. The number of rotatable bonds is 4. The minimum Gasteiger partial charge on any atom is -0.496 e. The van der Waals surface area contributed by atoms with Crippen LogP contribution in [0.4, 0.5) is 8.78 Å². The molecule has 0 unspecified atom stereocenters. The fourth-order valence-electron chi connectivity index (χ4n) is 3.21. The van der Waals surface area contributed by atoms with E-state index < -0.39 is 11.6 Å². The summed E-state index contributed by atoms with van der Waals surface area (Å²) < 4.78 is 35.1. The number of nitrogens with zero attached hydrogens (tertiary/aromatic N) is 2. The Morgan fingerprint density at radius 1 is 1.07 bits per heavy atom. The molecule has 1 heterocycles. The van der Waals surface area contributed by atoms with Gasteiger partial charge in [-0.25, -0.2) is 8.78 Å². The second-order valence-corrected chi connectivity index (χ2v) is 6.87. The van der Waals surface area contributed by atoms with Gasteiger partial charge in [0.05, 0.1) is 24.7 Å². The van der Waals surface area contributed by atoms with Gasteiger partial charge in [-0.2, -0.15) is 5.10 Å². The topological polar surface area (TPSA) is 44.1 Å². The molecule has 0 radical (unpaired) electrons. The van der Waals surface area contributed by atoms with Gasteiger partial charge < -0.3 is 4.74 Å². The molecule has 0 saturated heterocycles. The highest BCUT2D eigenvalue weighted by molar-refractivity contribution is 6.30. The monoisotopic (exact) mass is 412 g/mol. The summed E-state index contributed by atoms with van der Waals surface area (Å²) in [5.74, 6) is -0.687. The number of halogens is 3. The van der Waals surface area contributed by atoms with E-state index in [1.807, 2.05) is 0 Å². The molecule has 7 heteroatoms. The Labute approximate surface area is 169 Å². The van der Waals surface area contributed by atoms with Crippen LogP contribution in [-0.2, 0) is 6.54 Å². The lowest BCUT2D eigenvalue weighted by Gasteiger charge is -2.14. The minimum atomic E-state index is -0.523. The van der Waals surface area contributed by atoms with Gasteiger partial charge in [0, 0.05) is 16.0 Å². The van der Waals surface area contributed by atoms with Crippen LogP contribution < -0.4 is 10.2 Å². The van der Waals surface area contributed by atoms with Crippen LogP contribution in [0, 0.1) is 11.6 Å². The predicted molar refractivity (Wildman–Crippen MR) is 108 cm³/mol. The molecule has 4 nitrogen and oxygen atoms in total. The molecule has 0 fully saturated rings. The molecular weight excluding hydrogens is 398 g/mol. The molecule has 0 N–H and O–H groups in total. The number of methoxy groups -OCH3 is 1. The van der Waals surface area contributed by atoms with Gasteiger partial charge in [-0.3, -0.25) is 9.48 Å². The Morgan fingerprint density at radius 3 is 2.62 bits per heavy atom. The summed E-state index contributed by atoms with van der Waals surface area (Å²) in [6.45, 7) is 0.0639. The average Bonchev–Trinajstić information content (AvgIpc) is 2.72. The highest BCUT2D eigenvalue weighted by Gasteiger charge is 2.17. The van der Waals surface area contributed by atoms with Crippen LogP contribution in [0.3, 0.4) is 0 Å². The van der Waals surface area contributed by atoms with E-state index in [1.165, 1.54) is 36.1 Å². The molecule has 4 rings (SSSR count). The molecule has 4 aromatic rings. The van der Waals surface area contributed by atoms with E-state index in [4.69, 9.17) is 16.3 Å². The Morgan fingerprint density at radius 2 is 1.86 bits per heavy atom. The normalized spacial score (nSPS) is 11.0. The number of benzene rings is 3. The Kier molecular flexibility index (Phi) is 5.03. The minimum absolute atomic E-state index is 0.0226. The van der Waals surface area contributed by atoms with Crippen molar-refractivity contribution in [2.24, 2.45) is 0 Å². The van der Waals surface area contributed by atoms with Crippen LogP contribution >= 0.6 is 11.6 Å².